The molecule has 1 aliphatic rings. The van der Waals surface area contributed by atoms with E-state index in [1.165, 1.54) is 6.08 Å². The van der Waals surface area contributed by atoms with Crippen LogP contribution in [0.2, 0.25) is 0 Å². The van der Waals surface area contributed by atoms with E-state index < -0.39 is 5.79 Å². The fourth-order valence-corrected chi connectivity index (χ4v) is 1.31. The molecular formula is C10H16O4. The molecule has 0 aromatic rings. The van der Waals surface area contributed by atoms with E-state index in [9.17, 15) is 0 Å². The van der Waals surface area contributed by atoms with Gasteiger partial charge in [0.05, 0.1) is 0 Å². The van der Waals surface area contributed by atoms with Gasteiger partial charge >= 0.3 is 0 Å². The fraction of sp³-hybridized carbons (Fsp3) is 0.600. The second-order valence-corrected chi connectivity index (χ2v) is 4.44. The molecule has 1 rings (SSSR count). The van der Waals surface area contributed by atoms with Crippen LogP contribution in [0.5, 0.6) is 0 Å². The summed E-state index contributed by atoms with van der Waals surface area (Å²) in [5.41, 5.74) is 1.15. The monoisotopic (exact) mass is 200 g/mol. The Morgan fingerprint density at radius 3 is 2.14 bits per heavy atom. The van der Waals surface area contributed by atoms with Crippen molar-refractivity contribution in [1.82, 2.24) is 0 Å². The Hall–Kier alpha value is -0.680. The highest BCUT2D eigenvalue weighted by Crippen LogP contribution is 2.33. The molecule has 4 nitrogen and oxygen atoms in total. The van der Waals surface area contributed by atoms with Crippen molar-refractivity contribution in [3.63, 3.8) is 0 Å². The Bertz CT molecular complexity index is 256. The molecular weight excluding hydrogens is 184 g/mol. The number of hydrogen-bond donors (Lipinski definition) is 2. The lowest BCUT2D eigenvalue weighted by molar-refractivity contribution is -0.467. The number of allylic oxidation sites excluding steroid dienone is 2. The first-order valence-electron chi connectivity index (χ1n) is 4.48. The van der Waals surface area contributed by atoms with Crippen LogP contribution in [-0.4, -0.2) is 16.3 Å². The van der Waals surface area contributed by atoms with Crippen LogP contribution in [0.4, 0.5) is 0 Å². The van der Waals surface area contributed by atoms with Crippen molar-refractivity contribution in [2.24, 2.45) is 5.41 Å². The summed E-state index contributed by atoms with van der Waals surface area (Å²) in [6.07, 6.45) is 5.42. The number of hydrogen-bond acceptors (Lipinski definition) is 4. The predicted octanol–water partition coefficient (Wildman–Crippen LogP) is 2.59. The van der Waals surface area contributed by atoms with Crippen LogP contribution in [0.25, 0.3) is 0 Å². The van der Waals surface area contributed by atoms with E-state index >= 15 is 0 Å². The van der Waals surface area contributed by atoms with Gasteiger partial charge in [0.25, 0.3) is 5.79 Å². The normalized spacial score (nSPS) is 20.8. The molecule has 0 saturated carbocycles. The molecule has 2 N–H and O–H groups in total. The quantitative estimate of drug-likeness (QED) is 0.408. The molecule has 0 radical (unpaired) electrons. The molecule has 0 spiro atoms. The second-order valence-electron chi connectivity index (χ2n) is 4.44. The summed E-state index contributed by atoms with van der Waals surface area (Å²) in [7, 11) is 0. The van der Waals surface area contributed by atoms with Gasteiger partial charge in [0.2, 0.25) is 0 Å². The van der Waals surface area contributed by atoms with Gasteiger partial charge in [0.15, 0.2) is 0 Å². The molecule has 0 aliphatic heterocycles. The zero-order chi connectivity index (χ0) is 10.8. The maximum atomic E-state index is 8.57. The summed E-state index contributed by atoms with van der Waals surface area (Å²) in [4.78, 5) is 8.17. The lowest BCUT2D eigenvalue weighted by Gasteiger charge is -2.29. The van der Waals surface area contributed by atoms with E-state index in [2.05, 4.69) is 30.5 Å². The Morgan fingerprint density at radius 2 is 1.86 bits per heavy atom. The van der Waals surface area contributed by atoms with Gasteiger partial charge in [-0.15, -0.1) is 0 Å². The Balaban J connectivity index is 2.80. The lowest BCUT2D eigenvalue weighted by Crippen LogP contribution is -2.33. The molecule has 0 heterocycles. The van der Waals surface area contributed by atoms with Crippen LogP contribution in [0, 0.1) is 5.41 Å². The summed E-state index contributed by atoms with van der Waals surface area (Å²) < 4.78 is 0. The average molecular weight is 200 g/mol. The maximum absolute atomic E-state index is 8.57. The molecule has 14 heavy (non-hydrogen) atoms. The summed E-state index contributed by atoms with van der Waals surface area (Å²) in [6.45, 7) is 6.24. The van der Waals surface area contributed by atoms with E-state index in [4.69, 9.17) is 10.5 Å². The summed E-state index contributed by atoms with van der Waals surface area (Å²) >= 11 is 0. The van der Waals surface area contributed by atoms with Crippen LogP contribution in [-0.2, 0) is 9.78 Å². The summed E-state index contributed by atoms with van der Waals surface area (Å²) in [5.74, 6) is -1.44. The Kier molecular flexibility index (Phi) is 3.11. The largest absolute Gasteiger partial charge is 0.255 e. The molecule has 80 valence electrons. The average Bonchev–Trinajstić information content (AvgIpc) is 2.16. The van der Waals surface area contributed by atoms with Gasteiger partial charge in [0, 0.05) is 6.42 Å². The third-order valence-corrected chi connectivity index (χ3v) is 2.30. The SMILES string of the molecule is CC(C)(C)C1=CCC(OO)(OO)C=C1. The van der Waals surface area contributed by atoms with E-state index in [1.807, 2.05) is 6.08 Å². The zero-order valence-corrected chi connectivity index (χ0v) is 8.65. The molecule has 0 fully saturated rings. The summed E-state index contributed by atoms with van der Waals surface area (Å²) in [5, 5.41) is 17.1. The molecule has 1 aliphatic carbocycles. The minimum Gasteiger partial charge on any atom is -0.248 e. The highest BCUT2D eigenvalue weighted by molar-refractivity contribution is 5.30. The van der Waals surface area contributed by atoms with Gasteiger partial charge in [-0.3, -0.25) is 0 Å². The molecule has 0 atom stereocenters. The molecule has 4 heteroatoms. The first-order valence-corrected chi connectivity index (χ1v) is 4.48. The lowest BCUT2D eigenvalue weighted by atomic mass is 9.83. The molecule has 0 unspecified atom stereocenters. The zero-order valence-electron chi connectivity index (χ0n) is 8.65. The van der Waals surface area contributed by atoms with Crippen LogP contribution >= 0.6 is 0 Å². The van der Waals surface area contributed by atoms with Gasteiger partial charge in [-0.1, -0.05) is 32.9 Å². The van der Waals surface area contributed by atoms with Crippen LogP contribution in [0.1, 0.15) is 27.2 Å². The van der Waals surface area contributed by atoms with Crippen molar-refractivity contribution >= 4 is 0 Å². The van der Waals surface area contributed by atoms with Crippen LogP contribution in [0.3, 0.4) is 0 Å². The van der Waals surface area contributed by atoms with Crippen LogP contribution in [0.15, 0.2) is 23.8 Å². The smallest absolute Gasteiger partial charge is 0.248 e. The standard InChI is InChI=1S/C10H16O4/c1-9(2,3)8-4-6-10(13-11,14-12)7-5-8/h4-6,11-12H,7H2,1-3H3. The first kappa shape index (κ1) is 11.4. The van der Waals surface area contributed by atoms with E-state index in [-0.39, 0.29) is 11.8 Å². The predicted molar refractivity (Wildman–Crippen MR) is 51.5 cm³/mol. The highest BCUT2D eigenvalue weighted by atomic mass is 17.2. The molecule has 0 saturated heterocycles. The molecule has 0 bridgehead atoms. The highest BCUT2D eigenvalue weighted by Gasteiger charge is 2.33. The van der Waals surface area contributed by atoms with E-state index in [1.54, 1.807) is 6.08 Å². The minimum atomic E-state index is -1.44. The first-order chi connectivity index (χ1) is 6.43. The van der Waals surface area contributed by atoms with Crippen molar-refractivity contribution in [2.75, 3.05) is 0 Å². The third-order valence-electron chi connectivity index (χ3n) is 2.30. The second kappa shape index (κ2) is 3.82. The van der Waals surface area contributed by atoms with Crippen molar-refractivity contribution < 1.29 is 20.3 Å². The maximum Gasteiger partial charge on any atom is 0.255 e. The fourth-order valence-electron chi connectivity index (χ4n) is 1.31. The minimum absolute atomic E-state index is 0.0353. The van der Waals surface area contributed by atoms with Crippen molar-refractivity contribution in [3.05, 3.63) is 23.8 Å². The van der Waals surface area contributed by atoms with Gasteiger partial charge in [-0.05, 0) is 17.1 Å². The van der Waals surface area contributed by atoms with Gasteiger partial charge in [-0.25, -0.2) is 10.5 Å². The molecule has 0 aromatic carbocycles. The molecule has 0 aromatic heterocycles. The van der Waals surface area contributed by atoms with Crippen molar-refractivity contribution in [3.8, 4) is 0 Å². The Morgan fingerprint density at radius 1 is 1.29 bits per heavy atom. The van der Waals surface area contributed by atoms with Crippen LogP contribution < -0.4 is 0 Å². The third kappa shape index (κ3) is 2.22. The summed E-state index contributed by atoms with van der Waals surface area (Å²) in [6, 6.07) is 0. The van der Waals surface area contributed by atoms with Gasteiger partial charge in [0.1, 0.15) is 0 Å². The topological polar surface area (TPSA) is 58.9 Å². The van der Waals surface area contributed by atoms with E-state index in [0.717, 1.165) is 5.57 Å². The number of rotatable bonds is 2. The molecule has 0 amide bonds. The van der Waals surface area contributed by atoms with Gasteiger partial charge in [-0.2, -0.15) is 9.78 Å². The van der Waals surface area contributed by atoms with Crippen molar-refractivity contribution in [1.29, 1.82) is 0 Å². The Labute approximate surface area is 83.3 Å². The van der Waals surface area contributed by atoms with Crippen molar-refractivity contribution in [2.45, 2.75) is 33.0 Å². The van der Waals surface area contributed by atoms with E-state index in [0.29, 0.717) is 0 Å². The van der Waals surface area contributed by atoms with Gasteiger partial charge < -0.3 is 0 Å².